The smallest absolute Gasteiger partial charge is 0.255 e. The fraction of sp³-hybridized carbons (Fsp3) is 0.364. The van der Waals surface area contributed by atoms with Gasteiger partial charge in [-0.05, 0) is 0 Å². The number of hydrogen-bond donors (Lipinski definition) is 0. The van der Waals surface area contributed by atoms with E-state index < -0.39 is 0 Å². The maximum atomic E-state index is 11.9. The van der Waals surface area contributed by atoms with Gasteiger partial charge in [0.25, 0.3) is 5.56 Å². The lowest BCUT2D eigenvalue weighted by atomic mass is 10.3. The zero-order valence-corrected chi connectivity index (χ0v) is 10.5. The van der Waals surface area contributed by atoms with Crippen LogP contribution >= 0.6 is 11.6 Å². The van der Waals surface area contributed by atoms with Crippen LogP contribution < -0.4 is 5.56 Å². The van der Waals surface area contributed by atoms with E-state index in [2.05, 4.69) is 9.97 Å². The molecule has 2 aromatic heterocycles. The molecule has 0 aliphatic carbocycles. The Morgan fingerprint density at radius 2 is 2.24 bits per heavy atom. The first-order valence-electron chi connectivity index (χ1n) is 5.33. The summed E-state index contributed by atoms with van der Waals surface area (Å²) in [5.74, 6) is 0.684. The Balaban J connectivity index is 2.45. The van der Waals surface area contributed by atoms with Gasteiger partial charge >= 0.3 is 0 Å². The molecule has 0 amide bonds. The average molecular weight is 253 g/mol. The van der Waals surface area contributed by atoms with Gasteiger partial charge in [0.05, 0.1) is 18.6 Å². The Kier molecular flexibility index (Phi) is 3.28. The van der Waals surface area contributed by atoms with Gasteiger partial charge in [0.15, 0.2) is 0 Å². The molecule has 0 aliphatic heterocycles. The molecule has 0 aromatic carbocycles. The van der Waals surface area contributed by atoms with Crippen LogP contribution in [-0.4, -0.2) is 19.1 Å². The second kappa shape index (κ2) is 4.71. The maximum Gasteiger partial charge on any atom is 0.255 e. The standard InChI is InChI=1S/C11H13ClN4O/c1-3-10-14-9(12)4-11(17)16(10)6-8-5-13-7-15(8)2/h4-5,7H,3,6H2,1-2H3. The van der Waals surface area contributed by atoms with Crippen molar-refractivity contribution in [1.82, 2.24) is 19.1 Å². The summed E-state index contributed by atoms with van der Waals surface area (Å²) in [7, 11) is 1.89. The van der Waals surface area contributed by atoms with Crippen LogP contribution in [0.3, 0.4) is 0 Å². The van der Waals surface area contributed by atoms with Crippen LogP contribution in [0.1, 0.15) is 18.4 Å². The van der Waals surface area contributed by atoms with Gasteiger partial charge in [-0.3, -0.25) is 9.36 Å². The summed E-state index contributed by atoms with van der Waals surface area (Å²) in [5, 5.41) is 0.244. The van der Waals surface area contributed by atoms with Crippen molar-refractivity contribution in [3.8, 4) is 0 Å². The van der Waals surface area contributed by atoms with Crippen LogP contribution in [0.5, 0.6) is 0 Å². The van der Waals surface area contributed by atoms with E-state index in [1.165, 1.54) is 6.07 Å². The van der Waals surface area contributed by atoms with Crippen molar-refractivity contribution in [2.24, 2.45) is 7.05 Å². The molecule has 2 rings (SSSR count). The third-order valence-corrected chi connectivity index (χ3v) is 2.80. The number of nitrogens with zero attached hydrogens (tertiary/aromatic N) is 4. The Hall–Kier alpha value is -1.62. The molecule has 0 saturated carbocycles. The number of hydrogen-bond acceptors (Lipinski definition) is 3. The van der Waals surface area contributed by atoms with Crippen molar-refractivity contribution < 1.29 is 0 Å². The topological polar surface area (TPSA) is 52.7 Å². The summed E-state index contributed by atoms with van der Waals surface area (Å²) >= 11 is 5.77. The van der Waals surface area contributed by atoms with Gasteiger partial charge in [0.2, 0.25) is 0 Å². The minimum absolute atomic E-state index is 0.136. The number of rotatable bonds is 3. The van der Waals surface area contributed by atoms with E-state index in [9.17, 15) is 4.79 Å². The average Bonchev–Trinajstić information content (AvgIpc) is 2.68. The molecule has 0 unspecified atom stereocenters. The third kappa shape index (κ3) is 2.39. The van der Waals surface area contributed by atoms with Gasteiger partial charge in [-0.2, -0.15) is 0 Å². The van der Waals surface area contributed by atoms with Gasteiger partial charge in [0.1, 0.15) is 11.0 Å². The first kappa shape index (κ1) is 11.9. The van der Waals surface area contributed by atoms with Crippen LogP contribution in [0.25, 0.3) is 0 Å². The van der Waals surface area contributed by atoms with E-state index in [-0.39, 0.29) is 10.7 Å². The minimum atomic E-state index is -0.136. The fourth-order valence-electron chi connectivity index (χ4n) is 1.66. The number of imidazole rings is 1. The number of halogens is 1. The molecular formula is C11H13ClN4O. The maximum absolute atomic E-state index is 11.9. The Morgan fingerprint density at radius 3 is 2.82 bits per heavy atom. The molecule has 2 aromatic rings. The van der Waals surface area contributed by atoms with E-state index in [1.807, 2.05) is 18.5 Å². The molecule has 0 spiro atoms. The van der Waals surface area contributed by atoms with Crippen LogP contribution in [0.2, 0.25) is 5.15 Å². The highest BCUT2D eigenvalue weighted by Crippen LogP contribution is 2.06. The lowest BCUT2D eigenvalue weighted by molar-refractivity contribution is 0.643. The van der Waals surface area contributed by atoms with E-state index in [1.54, 1.807) is 17.1 Å². The largest absolute Gasteiger partial charge is 0.336 e. The van der Waals surface area contributed by atoms with Crippen LogP contribution in [-0.2, 0) is 20.0 Å². The monoisotopic (exact) mass is 252 g/mol. The fourth-order valence-corrected chi connectivity index (χ4v) is 1.85. The van der Waals surface area contributed by atoms with Crippen molar-refractivity contribution >= 4 is 11.6 Å². The lowest BCUT2D eigenvalue weighted by Gasteiger charge is -2.10. The summed E-state index contributed by atoms with van der Waals surface area (Å²) in [4.78, 5) is 20.0. The van der Waals surface area contributed by atoms with Crippen LogP contribution in [0.15, 0.2) is 23.4 Å². The number of aryl methyl sites for hydroxylation is 2. The van der Waals surface area contributed by atoms with E-state index in [0.717, 1.165) is 5.69 Å². The molecule has 90 valence electrons. The number of aromatic nitrogens is 4. The van der Waals surface area contributed by atoms with Gasteiger partial charge < -0.3 is 4.57 Å². The molecule has 0 aliphatic rings. The van der Waals surface area contributed by atoms with Crippen LogP contribution in [0, 0.1) is 0 Å². The zero-order chi connectivity index (χ0) is 12.4. The summed E-state index contributed by atoms with van der Waals surface area (Å²) in [5.41, 5.74) is 0.814. The highest BCUT2D eigenvalue weighted by Gasteiger charge is 2.08. The molecule has 0 atom stereocenters. The first-order valence-corrected chi connectivity index (χ1v) is 5.71. The van der Waals surface area contributed by atoms with Gasteiger partial charge in [0, 0.05) is 25.7 Å². The summed E-state index contributed by atoms with van der Waals surface area (Å²) in [6, 6.07) is 1.33. The quantitative estimate of drug-likeness (QED) is 0.773. The summed E-state index contributed by atoms with van der Waals surface area (Å²) in [6.07, 6.45) is 4.10. The van der Waals surface area contributed by atoms with E-state index in [0.29, 0.717) is 18.8 Å². The summed E-state index contributed by atoms with van der Waals surface area (Å²) < 4.78 is 3.49. The van der Waals surface area contributed by atoms with Gasteiger partial charge in [-0.25, -0.2) is 9.97 Å². The van der Waals surface area contributed by atoms with Gasteiger partial charge in [-0.15, -0.1) is 0 Å². The second-order valence-corrected chi connectivity index (χ2v) is 4.16. The Bertz CT molecular complexity index is 587. The third-order valence-electron chi connectivity index (χ3n) is 2.61. The Labute approximate surface area is 104 Å². The van der Waals surface area contributed by atoms with Crippen molar-refractivity contribution in [1.29, 1.82) is 0 Å². The molecule has 0 saturated heterocycles. The molecule has 6 heteroatoms. The van der Waals surface area contributed by atoms with Crippen LogP contribution in [0.4, 0.5) is 0 Å². The normalized spacial score (nSPS) is 10.8. The molecule has 0 bridgehead atoms. The van der Waals surface area contributed by atoms with E-state index >= 15 is 0 Å². The minimum Gasteiger partial charge on any atom is -0.336 e. The van der Waals surface area contributed by atoms with E-state index in [4.69, 9.17) is 11.6 Å². The highest BCUT2D eigenvalue weighted by molar-refractivity contribution is 6.29. The predicted molar refractivity (Wildman–Crippen MR) is 65.2 cm³/mol. The molecule has 0 N–H and O–H groups in total. The van der Waals surface area contributed by atoms with Crippen molar-refractivity contribution in [3.63, 3.8) is 0 Å². The molecule has 0 radical (unpaired) electrons. The van der Waals surface area contributed by atoms with Gasteiger partial charge in [-0.1, -0.05) is 18.5 Å². The highest BCUT2D eigenvalue weighted by atomic mass is 35.5. The molecule has 17 heavy (non-hydrogen) atoms. The molecule has 2 heterocycles. The van der Waals surface area contributed by atoms with Crippen molar-refractivity contribution in [3.05, 3.63) is 45.6 Å². The zero-order valence-electron chi connectivity index (χ0n) is 9.72. The molecular weight excluding hydrogens is 240 g/mol. The SMILES string of the molecule is CCc1nc(Cl)cc(=O)n1Cc1cncn1C. The first-order chi connectivity index (χ1) is 8.11. The van der Waals surface area contributed by atoms with Crippen molar-refractivity contribution in [2.45, 2.75) is 19.9 Å². The van der Waals surface area contributed by atoms with Crippen molar-refractivity contribution in [2.75, 3.05) is 0 Å². The molecule has 5 nitrogen and oxygen atoms in total. The second-order valence-electron chi connectivity index (χ2n) is 3.77. The predicted octanol–water partition coefficient (Wildman–Crippen LogP) is 1.24. The molecule has 0 fully saturated rings. The Morgan fingerprint density at radius 1 is 1.47 bits per heavy atom. The lowest BCUT2D eigenvalue weighted by Crippen LogP contribution is -2.25. The summed E-state index contributed by atoms with van der Waals surface area (Å²) in [6.45, 7) is 2.40.